The van der Waals surface area contributed by atoms with E-state index in [0.29, 0.717) is 18.9 Å². The molecule has 0 radical (unpaired) electrons. The molecule has 0 spiro atoms. The summed E-state index contributed by atoms with van der Waals surface area (Å²) < 4.78 is 7.11. The van der Waals surface area contributed by atoms with Gasteiger partial charge >= 0.3 is 0 Å². The first-order valence-electron chi connectivity index (χ1n) is 9.09. The molecule has 1 atom stereocenters. The van der Waals surface area contributed by atoms with Crippen molar-refractivity contribution in [1.82, 2.24) is 24.8 Å². The van der Waals surface area contributed by atoms with Gasteiger partial charge in [0.2, 0.25) is 11.8 Å². The molecule has 0 aliphatic carbocycles. The van der Waals surface area contributed by atoms with E-state index in [0.717, 1.165) is 49.4 Å². The Morgan fingerprint density at radius 1 is 1.36 bits per heavy atom. The third-order valence-corrected chi connectivity index (χ3v) is 5.17. The fourth-order valence-electron chi connectivity index (χ4n) is 3.56. The molecular weight excluding hydrogens is 318 g/mol. The van der Waals surface area contributed by atoms with Crippen molar-refractivity contribution in [2.24, 2.45) is 7.05 Å². The quantitative estimate of drug-likeness (QED) is 0.831. The Morgan fingerprint density at radius 2 is 2.16 bits per heavy atom. The van der Waals surface area contributed by atoms with Crippen molar-refractivity contribution < 1.29 is 9.32 Å². The van der Waals surface area contributed by atoms with Gasteiger partial charge < -0.3 is 9.42 Å². The van der Waals surface area contributed by atoms with Crippen LogP contribution in [0.15, 0.2) is 4.52 Å². The van der Waals surface area contributed by atoms with Gasteiger partial charge in [-0.3, -0.25) is 9.48 Å². The predicted octanol–water partition coefficient (Wildman–Crippen LogP) is 2.32. The third-order valence-electron chi connectivity index (χ3n) is 5.17. The van der Waals surface area contributed by atoms with Crippen molar-refractivity contribution in [2.75, 3.05) is 13.1 Å². The fourth-order valence-corrected chi connectivity index (χ4v) is 3.56. The van der Waals surface area contributed by atoms with Crippen LogP contribution in [0.3, 0.4) is 0 Å². The minimum absolute atomic E-state index is 0.184. The number of hydrogen-bond donors (Lipinski definition) is 0. The molecule has 0 N–H and O–H groups in total. The molecule has 2 aromatic rings. The monoisotopic (exact) mass is 345 g/mol. The molecule has 1 aliphatic rings. The number of aromatic nitrogens is 4. The van der Waals surface area contributed by atoms with Crippen LogP contribution in [0.5, 0.6) is 0 Å². The van der Waals surface area contributed by atoms with E-state index in [1.165, 1.54) is 5.56 Å². The Hall–Kier alpha value is -2.18. The molecule has 3 rings (SSSR count). The number of amides is 1. The highest BCUT2D eigenvalue weighted by Crippen LogP contribution is 2.26. The molecule has 1 aliphatic heterocycles. The normalized spacial score (nSPS) is 17.9. The molecule has 3 heterocycles. The largest absolute Gasteiger partial charge is 0.342 e. The molecule has 7 heteroatoms. The van der Waals surface area contributed by atoms with Crippen LogP contribution in [0, 0.1) is 13.8 Å². The van der Waals surface area contributed by atoms with Gasteiger partial charge in [0.25, 0.3) is 0 Å². The van der Waals surface area contributed by atoms with Gasteiger partial charge in [-0.25, -0.2) is 0 Å². The Labute approximate surface area is 148 Å². The lowest BCUT2D eigenvalue weighted by Gasteiger charge is -2.31. The number of carbonyl (C=O) groups excluding carboxylic acids is 1. The van der Waals surface area contributed by atoms with Crippen LogP contribution in [0.4, 0.5) is 0 Å². The maximum absolute atomic E-state index is 12.7. The standard InChI is InChI=1S/C18H27N5O2/c1-5-16-19-18(21-25-16)14-7-6-10-23(11-14)17(24)9-8-15-12(2)20-22(4)13(15)3/h14H,5-11H2,1-4H3/t14-/m0/s1. The molecule has 0 bridgehead atoms. The number of hydrogen-bond acceptors (Lipinski definition) is 5. The van der Waals surface area contributed by atoms with Crippen molar-refractivity contribution in [3.8, 4) is 0 Å². The van der Waals surface area contributed by atoms with Gasteiger partial charge in [-0.05, 0) is 38.7 Å². The van der Waals surface area contributed by atoms with Gasteiger partial charge in [0.1, 0.15) is 0 Å². The van der Waals surface area contributed by atoms with Crippen LogP contribution < -0.4 is 0 Å². The van der Waals surface area contributed by atoms with Gasteiger partial charge in [-0.15, -0.1) is 0 Å². The van der Waals surface area contributed by atoms with Crippen LogP contribution in [-0.4, -0.2) is 43.8 Å². The van der Waals surface area contributed by atoms with Crippen LogP contribution in [-0.2, 0) is 24.7 Å². The summed E-state index contributed by atoms with van der Waals surface area (Å²) >= 11 is 0. The summed E-state index contributed by atoms with van der Waals surface area (Å²) in [6.07, 6.45) is 4.00. The van der Waals surface area contributed by atoms with E-state index in [1.54, 1.807) is 0 Å². The molecule has 0 aromatic carbocycles. The Morgan fingerprint density at radius 3 is 2.80 bits per heavy atom. The maximum Gasteiger partial charge on any atom is 0.226 e. The number of nitrogens with zero attached hydrogens (tertiary/aromatic N) is 5. The lowest BCUT2D eigenvalue weighted by molar-refractivity contribution is -0.132. The van der Waals surface area contributed by atoms with Crippen LogP contribution >= 0.6 is 0 Å². The average molecular weight is 345 g/mol. The van der Waals surface area contributed by atoms with Gasteiger partial charge in [0.15, 0.2) is 5.82 Å². The minimum Gasteiger partial charge on any atom is -0.342 e. The van der Waals surface area contributed by atoms with E-state index in [2.05, 4.69) is 22.2 Å². The predicted molar refractivity (Wildman–Crippen MR) is 93.2 cm³/mol. The first kappa shape index (κ1) is 17.6. The van der Waals surface area contributed by atoms with Crippen molar-refractivity contribution in [2.45, 2.75) is 58.8 Å². The Kier molecular flexibility index (Phi) is 5.20. The van der Waals surface area contributed by atoms with Crippen LogP contribution in [0.25, 0.3) is 0 Å². The summed E-state index contributed by atoms with van der Waals surface area (Å²) in [7, 11) is 1.94. The minimum atomic E-state index is 0.184. The smallest absolute Gasteiger partial charge is 0.226 e. The molecular formula is C18H27N5O2. The summed E-state index contributed by atoms with van der Waals surface area (Å²) in [4.78, 5) is 19.1. The second-order valence-electron chi connectivity index (χ2n) is 6.85. The topological polar surface area (TPSA) is 77.1 Å². The average Bonchev–Trinajstić information content (AvgIpc) is 3.19. The number of rotatable bonds is 5. The lowest BCUT2D eigenvalue weighted by Crippen LogP contribution is -2.39. The van der Waals surface area contributed by atoms with Gasteiger partial charge in [0, 0.05) is 44.6 Å². The van der Waals surface area contributed by atoms with Gasteiger partial charge in [0.05, 0.1) is 5.69 Å². The molecule has 2 aromatic heterocycles. The summed E-state index contributed by atoms with van der Waals surface area (Å²) in [5, 5.41) is 8.52. The second-order valence-corrected chi connectivity index (χ2v) is 6.85. The highest BCUT2D eigenvalue weighted by molar-refractivity contribution is 5.76. The summed E-state index contributed by atoms with van der Waals surface area (Å²) in [5.41, 5.74) is 3.35. The third kappa shape index (κ3) is 3.75. The van der Waals surface area contributed by atoms with E-state index in [1.807, 2.05) is 30.5 Å². The van der Waals surface area contributed by atoms with Crippen molar-refractivity contribution in [3.63, 3.8) is 0 Å². The number of aryl methyl sites for hydroxylation is 3. The van der Waals surface area contributed by atoms with E-state index in [-0.39, 0.29) is 11.8 Å². The van der Waals surface area contributed by atoms with Crippen molar-refractivity contribution >= 4 is 5.91 Å². The fraction of sp³-hybridized carbons (Fsp3) is 0.667. The van der Waals surface area contributed by atoms with Crippen LogP contribution in [0.1, 0.15) is 60.8 Å². The molecule has 0 saturated carbocycles. The zero-order valence-corrected chi connectivity index (χ0v) is 15.6. The van der Waals surface area contributed by atoms with E-state index in [9.17, 15) is 4.79 Å². The zero-order valence-electron chi connectivity index (χ0n) is 15.6. The van der Waals surface area contributed by atoms with Crippen molar-refractivity contribution in [1.29, 1.82) is 0 Å². The maximum atomic E-state index is 12.7. The van der Waals surface area contributed by atoms with Crippen LogP contribution in [0.2, 0.25) is 0 Å². The molecule has 25 heavy (non-hydrogen) atoms. The SMILES string of the molecule is CCc1nc([C@H]2CCCN(C(=O)CCc3c(C)nn(C)c3C)C2)no1. The first-order valence-corrected chi connectivity index (χ1v) is 9.09. The Balaban J connectivity index is 1.60. The number of likely N-dealkylation sites (tertiary alicyclic amines) is 1. The summed E-state index contributed by atoms with van der Waals surface area (Å²) in [6.45, 7) is 7.56. The molecule has 1 fully saturated rings. The highest BCUT2D eigenvalue weighted by atomic mass is 16.5. The molecule has 1 saturated heterocycles. The first-order chi connectivity index (χ1) is 12.0. The second kappa shape index (κ2) is 7.37. The summed E-state index contributed by atoms with van der Waals surface area (Å²) in [5.74, 6) is 1.80. The van der Waals surface area contributed by atoms with Gasteiger partial charge in [-0.1, -0.05) is 12.1 Å². The van der Waals surface area contributed by atoms with Gasteiger partial charge in [-0.2, -0.15) is 10.1 Å². The number of piperidine rings is 1. The highest BCUT2D eigenvalue weighted by Gasteiger charge is 2.28. The Bertz CT molecular complexity index is 749. The summed E-state index contributed by atoms with van der Waals surface area (Å²) in [6, 6.07) is 0. The van der Waals surface area contributed by atoms with E-state index >= 15 is 0 Å². The zero-order chi connectivity index (χ0) is 18.0. The lowest BCUT2D eigenvalue weighted by atomic mass is 9.96. The van der Waals surface area contributed by atoms with E-state index < -0.39 is 0 Å². The molecule has 0 unspecified atom stereocenters. The molecule has 7 nitrogen and oxygen atoms in total. The molecule has 1 amide bonds. The number of carbonyl (C=O) groups is 1. The van der Waals surface area contributed by atoms with Crippen molar-refractivity contribution in [3.05, 3.63) is 28.7 Å². The molecule has 136 valence electrons. The van der Waals surface area contributed by atoms with E-state index in [4.69, 9.17) is 4.52 Å².